The summed E-state index contributed by atoms with van der Waals surface area (Å²) in [6, 6.07) is 25.2. The largest absolute Gasteiger partial charge is 0.371 e. The maximum absolute atomic E-state index is 12.9. The van der Waals surface area contributed by atoms with Gasteiger partial charge >= 0.3 is 0 Å². The minimum Gasteiger partial charge on any atom is -0.371 e. The minimum absolute atomic E-state index is 0.0505. The van der Waals surface area contributed by atoms with Gasteiger partial charge in [-0.05, 0) is 48.7 Å². The Hall–Kier alpha value is -3.12. The molecule has 5 nitrogen and oxygen atoms in total. The molecule has 1 saturated heterocycles. The zero-order valence-electron chi connectivity index (χ0n) is 17.8. The zero-order chi connectivity index (χ0) is 22.3. The van der Waals surface area contributed by atoms with Crippen LogP contribution >= 0.6 is 15.9 Å². The summed E-state index contributed by atoms with van der Waals surface area (Å²) in [5.74, 6) is -0.125. The molecular weight excluding hydrogens is 466 g/mol. The van der Waals surface area contributed by atoms with Crippen LogP contribution < -0.4 is 15.5 Å². The molecule has 0 atom stereocenters. The number of anilines is 1. The Balaban J connectivity index is 1.35. The van der Waals surface area contributed by atoms with E-state index in [1.54, 1.807) is 0 Å². The van der Waals surface area contributed by atoms with Crippen LogP contribution in [0.3, 0.4) is 0 Å². The summed E-state index contributed by atoms with van der Waals surface area (Å²) in [5, 5.41) is 6.17. The average molecular weight is 492 g/mol. The number of rotatable bonds is 6. The van der Waals surface area contributed by atoms with Gasteiger partial charge in [-0.1, -0.05) is 64.5 Å². The number of carbonyl (C=O) groups is 2. The van der Waals surface area contributed by atoms with E-state index >= 15 is 0 Å². The molecule has 2 amide bonds. The fourth-order valence-electron chi connectivity index (χ4n) is 3.98. The SMILES string of the molecule is O=C(NC1CCN(c2ccccc2C(=O)NCc2ccccc2)CC1)c1cccc(Br)c1. The number of piperidine rings is 1. The zero-order valence-corrected chi connectivity index (χ0v) is 19.3. The molecule has 2 N–H and O–H groups in total. The van der Waals surface area contributed by atoms with Gasteiger partial charge in [0.1, 0.15) is 0 Å². The molecule has 6 heteroatoms. The van der Waals surface area contributed by atoms with Gasteiger partial charge in [0.2, 0.25) is 0 Å². The average Bonchev–Trinajstić information content (AvgIpc) is 2.84. The topological polar surface area (TPSA) is 61.4 Å². The van der Waals surface area contributed by atoms with E-state index in [-0.39, 0.29) is 17.9 Å². The number of amides is 2. The smallest absolute Gasteiger partial charge is 0.253 e. The molecule has 0 radical (unpaired) electrons. The summed E-state index contributed by atoms with van der Waals surface area (Å²) in [6.07, 6.45) is 1.67. The van der Waals surface area contributed by atoms with E-state index in [1.807, 2.05) is 78.9 Å². The molecule has 3 aromatic rings. The van der Waals surface area contributed by atoms with Crippen LogP contribution in [-0.2, 0) is 6.54 Å². The van der Waals surface area contributed by atoms with Crippen LogP contribution in [0.25, 0.3) is 0 Å². The van der Waals surface area contributed by atoms with Crippen LogP contribution in [-0.4, -0.2) is 30.9 Å². The third-order valence-electron chi connectivity index (χ3n) is 5.70. The van der Waals surface area contributed by atoms with Crippen molar-refractivity contribution in [2.45, 2.75) is 25.4 Å². The molecule has 1 heterocycles. The third-order valence-corrected chi connectivity index (χ3v) is 6.20. The lowest BCUT2D eigenvalue weighted by Gasteiger charge is -2.35. The van der Waals surface area contributed by atoms with Crippen LogP contribution in [0.2, 0.25) is 0 Å². The molecule has 0 saturated carbocycles. The standard InChI is InChI=1S/C26H26BrN3O2/c27-21-10-6-9-20(17-21)25(31)29-22-13-15-30(16-14-22)24-12-5-4-11-23(24)26(32)28-18-19-7-2-1-3-8-19/h1-12,17,22H,13-16,18H2,(H,28,32)(H,29,31). The van der Waals surface area contributed by atoms with Gasteiger partial charge in [0, 0.05) is 41.4 Å². The van der Waals surface area contributed by atoms with Crippen molar-refractivity contribution in [2.24, 2.45) is 0 Å². The lowest BCUT2D eigenvalue weighted by Crippen LogP contribution is -2.45. The van der Waals surface area contributed by atoms with Crippen molar-refractivity contribution in [3.05, 3.63) is 100 Å². The number of hydrogen-bond acceptors (Lipinski definition) is 3. The predicted molar refractivity (Wildman–Crippen MR) is 131 cm³/mol. The van der Waals surface area contributed by atoms with Crippen molar-refractivity contribution in [2.75, 3.05) is 18.0 Å². The van der Waals surface area contributed by atoms with Crippen LogP contribution in [0.1, 0.15) is 39.1 Å². The molecule has 32 heavy (non-hydrogen) atoms. The number of halogens is 1. The van der Waals surface area contributed by atoms with Gasteiger partial charge in [-0.3, -0.25) is 9.59 Å². The summed E-state index contributed by atoms with van der Waals surface area (Å²) >= 11 is 3.41. The second-order valence-corrected chi connectivity index (χ2v) is 8.85. The van der Waals surface area contributed by atoms with E-state index in [0.29, 0.717) is 17.7 Å². The van der Waals surface area contributed by atoms with Crippen LogP contribution in [0.4, 0.5) is 5.69 Å². The van der Waals surface area contributed by atoms with Crippen molar-refractivity contribution < 1.29 is 9.59 Å². The fraction of sp³-hybridized carbons (Fsp3) is 0.231. The van der Waals surface area contributed by atoms with Crippen LogP contribution in [0, 0.1) is 0 Å². The summed E-state index contributed by atoms with van der Waals surface area (Å²) in [6.45, 7) is 2.07. The summed E-state index contributed by atoms with van der Waals surface area (Å²) in [4.78, 5) is 27.7. The lowest BCUT2D eigenvalue weighted by molar-refractivity contribution is 0.0929. The minimum atomic E-state index is -0.0745. The third kappa shape index (κ3) is 5.56. The highest BCUT2D eigenvalue weighted by atomic mass is 79.9. The molecule has 0 aliphatic carbocycles. The molecule has 0 bridgehead atoms. The van der Waals surface area contributed by atoms with E-state index in [1.165, 1.54) is 0 Å². The Morgan fingerprint density at radius 3 is 2.34 bits per heavy atom. The number of benzene rings is 3. The van der Waals surface area contributed by atoms with Crippen molar-refractivity contribution in [1.29, 1.82) is 0 Å². The van der Waals surface area contributed by atoms with Crippen LogP contribution in [0.5, 0.6) is 0 Å². The Labute approximate surface area is 197 Å². The van der Waals surface area contributed by atoms with Crippen molar-refractivity contribution in [3.8, 4) is 0 Å². The maximum atomic E-state index is 12.9. The Kier molecular flexibility index (Phi) is 7.22. The summed E-state index contributed by atoms with van der Waals surface area (Å²) in [7, 11) is 0. The lowest BCUT2D eigenvalue weighted by atomic mass is 10.0. The first-order valence-corrected chi connectivity index (χ1v) is 11.6. The van der Waals surface area contributed by atoms with Crippen molar-refractivity contribution >= 4 is 33.4 Å². The van der Waals surface area contributed by atoms with E-state index < -0.39 is 0 Å². The second-order valence-electron chi connectivity index (χ2n) is 7.93. The number of carbonyl (C=O) groups excluding carboxylic acids is 2. The van der Waals surface area contributed by atoms with Gasteiger partial charge in [0.05, 0.1) is 5.56 Å². The molecule has 4 rings (SSSR count). The molecule has 1 aliphatic heterocycles. The highest BCUT2D eigenvalue weighted by Gasteiger charge is 2.24. The van der Waals surface area contributed by atoms with Gasteiger partial charge in [-0.25, -0.2) is 0 Å². The number of nitrogens with one attached hydrogen (secondary N) is 2. The molecular formula is C26H26BrN3O2. The summed E-state index contributed by atoms with van der Waals surface area (Å²) < 4.78 is 0.891. The molecule has 1 aliphatic rings. The van der Waals surface area contributed by atoms with Gasteiger partial charge in [0.15, 0.2) is 0 Å². The predicted octanol–water partition coefficient (Wildman–Crippen LogP) is 4.78. The van der Waals surface area contributed by atoms with Gasteiger partial charge in [0.25, 0.3) is 11.8 Å². The van der Waals surface area contributed by atoms with Gasteiger partial charge < -0.3 is 15.5 Å². The molecule has 0 spiro atoms. The molecule has 0 aromatic heterocycles. The number of para-hydroxylation sites is 1. The van der Waals surface area contributed by atoms with Crippen molar-refractivity contribution in [1.82, 2.24) is 10.6 Å². The number of hydrogen-bond donors (Lipinski definition) is 2. The van der Waals surface area contributed by atoms with E-state index in [0.717, 1.165) is 41.7 Å². The highest BCUT2D eigenvalue weighted by Crippen LogP contribution is 2.25. The van der Waals surface area contributed by atoms with Gasteiger partial charge in [-0.15, -0.1) is 0 Å². The molecule has 3 aromatic carbocycles. The quantitative estimate of drug-likeness (QED) is 0.521. The second kappa shape index (κ2) is 10.5. The van der Waals surface area contributed by atoms with E-state index in [4.69, 9.17) is 0 Å². The van der Waals surface area contributed by atoms with Crippen LogP contribution in [0.15, 0.2) is 83.3 Å². The Morgan fingerprint density at radius 1 is 0.875 bits per heavy atom. The first kappa shape index (κ1) is 22.1. The first-order valence-electron chi connectivity index (χ1n) is 10.8. The first-order chi connectivity index (χ1) is 15.6. The van der Waals surface area contributed by atoms with E-state index in [2.05, 4.69) is 31.5 Å². The van der Waals surface area contributed by atoms with E-state index in [9.17, 15) is 9.59 Å². The van der Waals surface area contributed by atoms with Crippen molar-refractivity contribution in [3.63, 3.8) is 0 Å². The Bertz CT molecular complexity index is 1080. The monoisotopic (exact) mass is 491 g/mol. The number of nitrogens with zero attached hydrogens (tertiary/aromatic N) is 1. The fourth-order valence-corrected chi connectivity index (χ4v) is 4.38. The normalized spacial score (nSPS) is 14.1. The molecule has 1 fully saturated rings. The molecule has 0 unspecified atom stereocenters. The summed E-state index contributed by atoms with van der Waals surface area (Å²) in [5.41, 5.74) is 3.34. The maximum Gasteiger partial charge on any atom is 0.253 e. The molecule has 164 valence electrons. The van der Waals surface area contributed by atoms with Gasteiger partial charge in [-0.2, -0.15) is 0 Å². The highest BCUT2D eigenvalue weighted by molar-refractivity contribution is 9.10. The Morgan fingerprint density at radius 2 is 1.59 bits per heavy atom.